The molecular weight excluding hydrogens is 302 g/mol. The van der Waals surface area contributed by atoms with Gasteiger partial charge in [0.2, 0.25) is 11.9 Å². The maximum Gasteiger partial charge on any atom is 0.224 e. The molecule has 0 unspecified atom stereocenters. The maximum absolute atomic E-state index is 11.5. The number of nitrogens with zero attached hydrogens (tertiary/aromatic N) is 2. The van der Waals surface area contributed by atoms with Crippen molar-refractivity contribution in [1.82, 2.24) is 15.3 Å². The number of hydrogen-bond donors (Lipinski definition) is 3. The van der Waals surface area contributed by atoms with Gasteiger partial charge in [-0.2, -0.15) is 4.98 Å². The smallest absolute Gasteiger partial charge is 0.224 e. The third-order valence-electron chi connectivity index (χ3n) is 3.41. The second-order valence-corrected chi connectivity index (χ2v) is 6.08. The molecule has 3 N–H and O–H groups in total. The number of hydrogen-bond acceptors (Lipinski definition) is 5. The van der Waals surface area contributed by atoms with Gasteiger partial charge in [-0.25, -0.2) is 4.98 Å². The number of anilines is 3. The van der Waals surface area contributed by atoms with Gasteiger partial charge < -0.3 is 16.0 Å². The summed E-state index contributed by atoms with van der Waals surface area (Å²) in [6.45, 7) is 8.83. The van der Waals surface area contributed by atoms with Crippen molar-refractivity contribution in [1.29, 1.82) is 0 Å². The molecule has 1 heterocycles. The van der Waals surface area contributed by atoms with E-state index in [4.69, 9.17) is 0 Å². The molecule has 24 heavy (non-hydrogen) atoms. The van der Waals surface area contributed by atoms with Gasteiger partial charge in [0.1, 0.15) is 5.82 Å². The molecule has 0 fully saturated rings. The second-order valence-electron chi connectivity index (χ2n) is 6.08. The van der Waals surface area contributed by atoms with E-state index < -0.39 is 0 Å². The molecule has 6 nitrogen and oxygen atoms in total. The van der Waals surface area contributed by atoms with Crippen LogP contribution >= 0.6 is 0 Å². The van der Waals surface area contributed by atoms with Crippen molar-refractivity contribution in [2.24, 2.45) is 5.92 Å². The van der Waals surface area contributed by atoms with E-state index in [2.05, 4.69) is 32.8 Å². The molecule has 6 heteroatoms. The van der Waals surface area contributed by atoms with Gasteiger partial charge in [-0.15, -0.1) is 0 Å². The van der Waals surface area contributed by atoms with E-state index in [1.54, 1.807) is 0 Å². The van der Waals surface area contributed by atoms with Gasteiger partial charge in [-0.1, -0.05) is 31.5 Å². The summed E-state index contributed by atoms with van der Waals surface area (Å²) in [6.07, 6.45) is 0. The lowest BCUT2D eigenvalue weighted by Crippen LogP contribution is -2.32. The number of aromatic nitrogens is 2. The predicted molar refractivity (Wildman–Crippen MR) is 97.6 cm³/mol. The topological polar surface area (TPSA) is 78.9 Å². The van der Waals surface area contributed by atoms with E-state index in [-0.39, 0.29) is 11.8 Å². The zero-order valence-electron chi connectivity index (χ0n) is 14.7. The first kappa shape index (κ1) is 17.7. The molecule has 0 bridgehead atoms. The van der Waals surface area contributed by atoms with Crippen molar-refractivity contribution in [2.75, 3.05) is 23.7 Å². The lowest BCUT2D eigenvalue weighted by molar-refractivity contribution is -0.123. The second kappa shape index (κ2) is 8.29. The first-order chi connectivity index (χ1) is 11.4. The van der Waals surface area contributed by atoms with Gasteiger partial charge in [0, 0.05) is 36.5 Å². The highest BCUT2D eigenvalue weighted by Crippen LogP contribution is 2.17. The number of nitrogens with one attached hydrogen (secondary N) is 3. The number of amides is 1. The summed E-state index contributed by atoms with van der Waals surface area (Å²) in [6, 6.07) is 10.0. The maximum atomic E-state index is 11.5. The Morgan fingerprint density at radius 1 is 1.08 bits per heavy atom. The van der Waals surface area contributed by atoms with Crippen molar-refractivity contribution in [3.8, 4) is 0 Å². The van der Waals surface area contributed by atoms with E-state index in [9.17, 15) is 4.79 Å². The van der Waals surface area contributed by atoms with Gasteiger partial charge in [-0.05, 0) is 26.0 Å². The Bertz CT molecular complexity index is 682. The van der Waals surface area contributed by atoms with E-state index in [1.165, 1.54) is 5.56 Å². The molecule has 0 aliphatic carbocycles. The molecule has 1 aromatic carbocycles. The lowest BCUT2D eigenvalue weighted by Gasteiger charge is -2.11. The molecule has 128 valence electrons. The Hall–Kier alpha value is -2.63. The Balaban J connectivity index is 1.93. The Kier molecular flexibility index (Phi) is 6.12. The number of carbonyl (C=O) groups excluding carboxylic acids is 1. The molecule has 2 aromatic rings. The molecule has 0 saturated heterocycles. The third-order valence-corrected chi connectivity index (χ3v) is 3.41. The fourth-order valence-electron chi connectivity index (χ4n) is 2.06. The summed E-state index contributed by atoms with van der Waals surface area (Å²) in [5.74, 6) is 1.32. The molecule has 1 amide bonds. The summed E-state index contributed by atoms with van der Waals surface area (Å²) in [4.78, 5) is 20.3. The van der Waals surface area contributed by atoms with Crippen LogP contribution in [-0.4, -0.2) is 29.0 Å². The van der Waals surface area contributed by atoms with E-state index in [0.29, 0.717) is 19.0 Å². The molecule has 0 atom stereocenters. The van der Waals surface area contributed by atoms with Crippen molar-refractivity contribution in [3.63, 3.8) is 0 Å². The summed E-state index contributed by atoms with van der Waals surface area (Å²) in [5.41, 5.74) is 3.06. The van der Waals surface area contributed by atoms with Crippen molar-refractivity contribution < 1.29 is 4.79 Å². The van der Waals surface area contributed by atoms with Crippen molar-refractivity contribution >= 4 is 23.4 Å². The molecule has 2 rings (SSSR count). The molecule has 0 aliphatic rings. The SMILES string of the molecule is Cc1ccc(Nc2cc(C)nc(NCCNC(=O)C(C)C)n2)cc1. The normalized spacial score (nSPS) is 10.5. The molecule has 0 spiro atoms. The first-order valence-electron chi connectivity index (χ1n) is 8.15. The van der Waals surface area contributed by atoms with Gasteiger partial charge in [0.15, 0.2) is 0 Å². The zero-order valence-corrected chi connectivity index (χ0v) is 14.7. The van der Waals surface area contributed by atoms with Crippen LogP contribution in [0.4, 0.5) is 17.5 Å². The number of benzene rings is 1. The summed E-state index contributed by atoms with van der Waals surface area (Å²) < 4.78 is 0. The van der Waals surface area contributed by atoms with Crippen LogP contribution in [0, 0.1) is 19.8 Å². The summed E-state index contributed by atoms with van der Waals surface area (Å²) in [5, 5.41) is 9.27. The fraction of sp³-hybridized carbons (Fsp3) is 0.389. The highest BCUT2D eigenvalue weighted by molar-refractivity contribution is 5.77. The van der Waals surface area contributed by atoms with Crippen LogP contribution in [-0.2, 0) is 4.79 Å². The van der Waals surface area contributed by atoms with Crippen LogP contribution < -0.4 is 16.0 Å². The number of rotatable bonds is 7. The quantitative estimate of drug-likeness (QED) is 0.681. The highest BCUT2D eigenvalue weighted by Gasteiger charge is 2.06. The number of carbonyl (C=O) groups is 1. The van der Waals surface area contributed by atoms with Gasteiger partial charge >= 0.3 is 0 Å². The third kappa shape index (κ3) is 5.53. The number of aryl methyl sites for hydroxylation is 2. The lowest BCUT2D eigenvalue weighted by atomic mass is 10.2. The fourth-order valence-corrected chi connectivity index (χ4v) is 2.06. The van der Waals surface area contributed by atoms with Gasteiger partial charge in [0.25, 0.3) is 0 Å². The predicted octanol–water partition coefficient (Wildman–Crippen LogP) is 3.02. The van der Waals surface area contributed by atoms with Gasteiger partial charge in [-0.3, -0.25) is 4.79 Å². The van der Waals surface area contributed by atoms with Crippen LogP contribution in [0.25, 0.3) is 0 Å². The van der Waals surface area contributed by atoms with Gasteiger partial charge in [0.05, 0.1) is 0 Å². The van der Waals surface area contributed by atoms with Crippen LogP contribution in [0.3, 0.4) is 0 Å². The van der Waals surface area contributed by atoms with Crippen LogP contribution in [0.2, 0.25) is 0 Å². The van der Waals surface area contributed by atoms with Crippen LogP contribution in [0.15, 0.2) is 30.3 Å². The average Bonchev–Trinajstić information content (AvgIpc) is 2.53. The Morgan fingerprint density at radius 3 is 2.46 bits per heavy atom. The first-order valence-corrected chi connectivity index (χ1v) is 8.15. The molecule has 0 aliphatic heterocycles. The summed E-state index contributed by atoms with van der Waals surface area (Å²) in [7, 11) is 0. The largest absolute Gasteiger partial charge is 0.354 e. The molecule has 0 radical (unpaired) electrons. The zero-order chi connectivity index (χ0) is 17.5. The standard InChI is InChI=1S/C18H25N5O/c1-12(2)17(24)19-9-10-20-18-21-14(4)11-16(23-18)22-15-7-5-13(3)6-8-15/h5-8,11-12H,9-10H2,1-4H3,(H,19,24)(H2,20,21,22,23). The van der Waals surface area contributed by atoms with Crippen LogP contribution in [0.5, 0.6) is 0 Å². The van der Waals surface area contributed by atoms with E-state index >= 15 is 0 Å². The van der Waals surface area contributed by atoms with Crippen molar-refractivity contribution in [2.45, 2.75) is 27.7 Å². The van der Waals surface area contributed by atoms with Crippen LogP contribution in [0.1, 0.15) is 25.1 Å². The molecule has 0 saturated carbocycles. The van der Waals surface area contributed by atoms with E-state index in [0.717, 1.165) is 17.2 Å². The van der Waals surface area contributed by atoms with E-state index in [1.807, 2.05) is 51.1 Å². The highest BCUT2D eigenvalue weighted by atomic mass is 16.1. The van der Waals surface area contributed by atoms with Crippen molar-refractivity contribution in [3.05, 3.63) is 41.6 Å². The molecular formula is C18H25N5O. The minimum Gasteiger partial charge on any atom is -0.354 e. The Labute approximate surface area is 143 Å². The average molecular weight is 327 g/mol. The minimum atomic E-state index is -0.00877. The monoisotopic (exact) mass is 327 g/mol. The molecule has 1 aromatic heterocycles. The Morgan fingerprint density at radius 2 is 1.79 bits per heavy atom. The minimum absolute atomic E-state index is 0.00877. The summed E-state index contributed by atoms with van der Waals surface area (Å²) >= 11 is 0.